The van der Waals surface area contributed by atoms with Crippen molar-refractivity contribution in [2.45, 2.75) is 26.4 Å². The third kappa shape index (κ3) is 3.74. The number of aromatic amines is 1. The van der Waals surface area contributed by atoms with E-state index in [0.717, 1.165) is 0 Å². The Bertz CT molecular complexity index is 962. The molecule has 0 spiro atoms. The van der Waals surface area contributed by atoms with E-state index in [1.54, 1.807) is 50.1 Å². The zero-order valence-corrected chi connectivity index (χ0v) is 14.2. The molecule has 2 heterocycles. The first-order valence-electron chi connectivity index (χ1n) is 7.86. The molecule has 1 atom stereocenters. The molecule has 0 saturated carbocycles. The summed E-state index contributed by atoms with van der Waals surface area (Å²) in [6.07, 6.45) is 0. The standard InChI is InChI=1S/C17H19N5O3/c1-10-8-14(21-25-10)19-16(23)11(2)22(3)9-15-18-13-7-5-4-6-12(13)17(24)20-15/h4-8,11H,9H2,1-3H3,(H,18,20,24)(H,19,21,23). The van der Waals surface area contributed by atoms with Gasteiger partial charge in [0.15, 0.2) is 5.82 Å². The van der Waals surface area contributed by atoms with Gasteiger partial charge in [0.1, 0.15) is 11.6 Å². The summed E-state index contributed by atoms with van der Waals surface area (Å²) in [5, 5.41) is 6.98. The number of amides is 1. The van der Waals surface area contributed by atoms with Gasteiger partial charge in [0, 0.05) is 6.07 Å². The van der Waals surface area contributed by atoms with Gasteiger partial charge in [-0.05, 0) is 33.0 Å². The first-order chi connectivity index (χ1) is 11.9. The fourth-order valence-electron chi connectivity index (χ4n) is 2.44. The highest BCUT2D eigenvalue weighted by atomic mass is 16.5. The Labute approximate surface area is 143 Å². The van der Waals surface area contributed by atoms with Gasteiger partial charge in [-0.25, -0.2) is 4.98 Å². The molecule has 0 aliphatic rings. The van der Waals surface area contributed by atoms with E-state index in [1.807, 2.05) is 6.07 Å². The monoisotopic (exact) mass is 341 g/mol. The van der Waals surface area contributed by atoms with E-state index in [2.05, 4.69) is 20.4 Å². The lowest BCUT2D eigenvalue weighted by Crippen LogP contribution is -2.39. The Kier molecular flexibility index (Phi) is 4.62. The molecule has 8 heteroatoms. The van der Waals surface area contributed by atoms with Crippen LogP contribution in [0.5, 0.6) is 0 Å². The van der Waals surface area contributed by atoms with Crippen LogP contribution in [0, 0.1) is 6.92 Å². The summed E-state index contributed by atoms with van der Waals surface area (Å²) in [5.74, 6) is 1.27. The predicted octanol–water partition coefficient (Wildman–Crippen LogP) is 1.68. The Hall–Kier alpha value is -3.00. The number of hydrogen-bond acceptors (Lipinski definition) is 6. The summed E-state index contributed by atoms with van der Waals surface area (Å²) in [6.45, 7) is 3.84. The average Bonchev–Trinajstić information content (AvgIpc) is 2.99. The van der Waals surface area contributed by atoms with E-state index in [9.17, 15) is 9.59 Å². The van der Waals surface area contributed by atoms with Gasteiger partial charge in [-0.15, -0.1) is 0 Å². The van der Waals surface area contributed by atoms with Crippen molar-refractivity contribution in [3.8, 4) is 0 Å². The lowest BCUT2D eigenvalue weighted by atomic mass is 10.2. The number of rotatable bonds is 5. The number of aromatic nitrogens is 3. The van der Waals surface area contributed by atoms with E-state index in [4.69, 9.17) is 4.52 Å². The van der Waals surface area contributed by atoms with Crippen LogP contribution in [0.3, 0.4) is 0 Å². The van der Waals surface area contributed by atoms with Crippen molar-refractivity contribution in [3.05, 3.63) is 52.3 Å². The number of carbonyl (C=O) groups excluding carboxylic acids is 1. The number of nitrogens with one attached hydrogen (secondary N) is 2. The molecule has 0 saturated heterocycles. The van der Waals surface area contributed by atoms with Crippen LogP contribution < -0.4 is 10.9 Å². The van der Waals surface area contributed by atoms with Crippen molar-refractivity contribution in [1.82, 2.24) is 20.0 Å². The molecule has 25 heavy (non-hydrogen) atoms. The van der Waals surface area contributed by atoms with Crippen LogP contribution in [0.2, 0.25) is 0 Å². The molecule has 0 radical (unpaired) electrons. The SMILES string of the molecule is Cc1cc(NC(=O)C(C)N(C)Cc2nc3ccccc3c(=O)[nH]2)no1. The molecule has 0 fully saturated rings. The lowest BCUT2D eigenvalue weighted by molar-refractivity contribution is -0.120. The Morgan fingerprint density at radius 1 is 1.40 bits per heavy atom. The maximum Gasteiger partial charge on any atom is 0.258 e. The van der Waals surface area contributed by atoms with E-state index < -0.39 is 6.04 Å². The second-order valence-corrected chi connectivity index (χ2v) is 5.93. The van der Waals surface area contributed by atoms with E-state index in [1.165, 1.54) is 0 Å². The van der Waals surface area contributed by atoms with Crippen LogP contribution in [-0.4, -0.2) is 39.0 Å². The van der Waals surface area contributed by atoms with Crippen molar-refractivity contribution < 1.29 is 9.32 Å². The van der Waals surface area contributed by atoms with Crippen molar-refractivity contribution in [2.75, 3.05) is 12.4 Å². The fourth-order valence-corrected chi connectivity index (χ4v) is 2.44. The number of aryl methyl sites for hydroxylation is 1. The van der Waals surface area contributed by atoms with Crippen molar-refractivity contribution in [2.24, 2.45) is 0 Å². The summed E-state index contributed by atoms with van der Waals surface area (Å²) >= 11 is 0. The van der Waals surface area contributed by atoms with Gasteiger partial charge in [0.2, 0.25) is 5.91 Å². The van der Waals surface area contributed by atoms with Gasteiger partial charge in [0.05, 0.1) is 23.5 Å². The molecule has 0 aliphatic carbocycles. The third-order valence-electron chi connectivity index (χ3n) is 3.98. The highest BCUT2D eigenvalue weighted by Crippen LogP contribution is 2.11. The average molecular weight is 341 g/mol. The molecule has 3 aromatic rings. The maximum absolute atomic E-state index is 12.3. The number of H-pyrrole nitrogens is 1. The summed E-state index contributed by atoms with van der Waals surface area (Å²) in [5.41, 5.74) is 0.439. The van der Waals surface area contributed by atoms with Gasteiger partial charge >= 0.3 is 0 Å². The quantitative estimate of drug-likeness (QED) is 0.732. The van der Waals surface area contributed by atoms with E-state index in [0.29, 0.717) is 34.9 Å². The van der Waals surface area contributed by atoms with Crippen molar-refractivity contribution in [1.29, 1.82) is 0 Å². The highest BCUT2D eigenvalue weighted by molar-refractivity contribution is 5.93. The topological polar surface area (TPSA) is 104 Å². The van der Waals surface area contributed by atoms with Crippen LogP contribution in [0.15, 0.2) is 39.6 Å². The Morgan fingerprint density at radius 2 is 2.16 bits per heavy atom. The van der Waals surface area contributed by atoms with Crippen molar-refractivity contribution in [3.63, 3.8) is 0 Å². The molecule has 2 N–H and O–H groups in total. The molecule has 0 bridgehead atoms. The van der Waals surface area contributed by atoms with Gasteiger partial charge in [-0.1, -0.05) is 17.3 Å². The van der Waals surface area contributed by atoms with Crippen molar-refractivity contribution >= 4 is 22.6 Å². The molecule has 8 nitrogen and oxygen atoms in total. The molecule has 130 valence electrons. The van der Waals surface area contributed by atoms with Crippen LogP contribution >= 0.6 is 0 Å². The molecule has 1 aromatic carbocycles. The summed E-state index contributed by atoms with van der Waals surface area (Å²) in [4.78, 5) is 33.4. The van der Waals surface area contributed by atoms with Gasteiger partial charge in [0.25, 0.3) is 5.56 Å². The second kappa shape index (κ2) is 6.86. The fraction of sp³-hybridized carbons (Fsp3) is 0.294. The summed E-state index contributed by atoms with van der Waals surface area (Å²) in [7, 11) is 1.79. The van der Waals surface area contributed by atoms with Crippen LogP contribution in [0.4, 0.5) is 5.82 Å². The minimum Gasteiger partial charge on any atom is -0.360 e. The maximum atomic E-state index is 12.3. The first-order valence-corrected chi connectivity index (χ1v) is 7.86. The molecule has 2 aromatic heterocycles. The zero-order valence-electron chi connectivity index (χ0n) is 14.2. The smallest absolute Gasteiger partial charge is 0.258 e. The molecular formula is C17H19N5O3. The van der Waals surface area contributed by atoms with Gasteiger partial charge < -0.3 is 14.8 Å². The minimum atomic E-state index is -0.450. The van der Waals surface area contributed by atoms with Crippen LogP contribution in [0.1, 0.15) is 18.5 Å². The third-order valence-corrected chi connectivity index (χ3v) is 3.98. The lowest BCUT2D eigenvalue weighted by Gasteiger charge is -2.22. The Morgan fingerprint density at radius 3 is 2.88 bits per heavy atom. The van der Waals surface area contributed by atoms with E-state index >= 15 is 0 Å². The van der Waals surface area contributed by atoms with Gasteiger partial charge in [-0.2, -0.15) is 0 Å². The normalized spacial score (nSPS) is 12.5. The summed E-state index contributed by atoms with van der Waals surface area (Å²) in [6, 6.07) is 8.34. The minimum absolute atomic E-state index is 0.191. The molecular weight excluding hydrogens is 322 g/mol. The molecule has 1 unspecified atom stereocenters. The number of fused-ring (bicyclic) bond motifs is 1. The second-order valence-electron chi connectivity index (χ2n) is 5.93. The number of nitrogens with zero attached hydrogens (tertiary/aromatic N) is 3. The number of likely N-dealkylation sites (N-methyl/N-ethyl adjacent to an activating group) is 1. The zero-order chi connectivity index (χ0) is 18.0. The largest absolute Gasteiger partial charge is 0.360 e. The number of anilines is 1. The Balaban J connectivity index is 1.71. The van der Waals surface area contributed by atoms with Crippen LogP contribution in [0.25, 0.3) is 10.9 Å². The highest BCUT2D eigenvalue weighted by Gasteiger charge is 2.20. The predicted molar refractivity (Wildman–Crippen MR) is 93.2 cm³/mol. The molecule has 3 rings (SSSR count). The number of para-hydroxylation sites is 1. The summed E-state index contributed by atoms with van der Waals surface area (Å²) < 4.78 is 4.93. The molecule has 0 aliphatic heterocycles. The van der Waals surface area contributed by atoms with Gasteiger partial charge in [-0.3, -0.25) is 14.5 Å². The van der Waals surface area contributed by atoms with Crippen LogP contribution in [-0.2, 0) is 11.3 Å². The number of carbonyl (C=O) groups is 1. The number of benzene rings is 1. The first kappa shape index (κ1) is 16.8. The van der Waals surface area contributed by atoms with E-state index in [-0.39, 0.29) is 11.5 Å². The number of hydrogen-bond donors (Lipinski definition) is 2. The molecule has 1 amide bonds.